The minimum atomic E-state index is -0.675. The number of nitrogens with zero attached hydrogens (tertiary/aromatic N) is 1. The van der Waals surface area contributed by atoms with E-state index < -0.39 is 6.10 Å². The molecule has 6 heteroatoms. The molecular formula is C15H24N2O4. The van der Waals surface area contributed by atoms with Gasteiger partial charge < -0.3 is 30.7 Å². The number of likely N-dealkylation sites (tertiary alicyclic amines) is 1. The third-order valence-corrected chi connectivity index (χ3v) is 3.98. The molecule has 0 bridgehead atoms. The molecule has 0 saturated carbocycles. The summed E-state index contributed by atoms with van der Waals surface area (Å²) in [6, 6.07) is 5.26. The average molecular weight is 296 g/mol. The minimum absolute atomic E-state index is 0. The van der Waals surface area contributed by atoms with Crippen molar-refractivity contribution in [3.8, 4) is 11.5 Å². The second-order valence-electron chi connectivity index (χ2n) is 5.52. The smallest absolute Gasteiger partial charge is 0.161 e. The molecule has 2 heterocycles. The summed E-state index contributed by atoms with van der Waals surface area (Å²) in [6.07, 6.45) is 1.78. The summed E-state index contributed by atoms with van der Waals surface area (Å²) in [4.78, 5) is 2.31. The molecule has 1 aromatic rings. The SMILES string of the molecule is NC(CN1CCCC1)C(O)c1ccc2c(c1)OCCO2.O. The number of aliphatic hydroxyl groups excluding tert-OH is 1. The molecule has 2 aliphatic heterocycles. The fourth-order valence-electron chi connectivity index (χ4n) is 2.85. The molecule has 2 aliphatic rings. The van der Waals surface area contributed by atoms with Crippen LogP contribution in [0.4, 0.5) is 0 Å². The topological polar surface area (TPSA) is 99.5 Å². The molecule has 2 atom stereocenters. The summed E-state index contributed by atoms with van der Waals surface area (Å²) in [7, 11) is 0. The highest BCUT2D eigenvalue weighted by atomic mass is 16.6. The molecule has 0 radical (unpaired) electrons. The van der Waals surface area contributed by atoms with Crippen molar-refractivity contribution in [3.05, 3.63) is 23.8 Å². The first-order valence-electron chi connectivity index (χ1n) is 7.29. The van der Waals surface area contributed by atoms with E-state index in [4.69, 9.17) is 15.2 Å². The van der Waals surface area contributed by atoms with Crippen LogP contribution in [-0.2, 0) is 0 Å². The Kier molecular flexibility index (Phi) is 5.41. The fraction of sp³-hybridized carbons (Fsp3) is 0.600. The lowest BCUT2D eigenvalue weighted by molar-refractivity contribution is 0.124. The number of aliphatic hydroxyl groups is 1. The zero-order valence-electron chi connectivity index (χ0n) is 12.1. The molecule has 21 heavy (non-hydrogen) atoms. The maximum absolute atomic E-state index is 10.4. The predicted molar refractivity (Wildman–Crippen MR) is 79.7 cm³/mol. The van der Waals surface area contributed by atoms with E-state index in [1.54, 1.807) is 0 Å². The summed E-state index contributed by atoms with van der Waals surface area (Å²) >= 11 is 0. The molecule has 6 nitrogen and oxygen atoms in total. The van der Waals surface area contributed by atoms with Crippen LogP contribution in [0.2, 0.25) is 0 Å². The third kappa shape index (κ3) is 3.65. The first-order valence-corrected chi connectivity index (χ1v) is 7.29. The number of hydrogen-bond acceptors (Lipinski definition) is 5. The quantitative estimate of drug-likeness (QED) is 0.820. The van der Waals surface area contributed by atoms with Crippen LogP contribution >= 0.6 is 0 Å². The zero-order chi connectivity index (χ0) is 13.9. The molecule has 5 N–H and O–H groups in total. The van der Waals surface area contributed by atoms with Crippen molar-refractivity contribution in [1.29, 1.82) is 0 Å². The van der Waals surface area contributed by atoms with Crippen LogP contribution in [0.3, 0.4) is 0 Å². The van der Waals surface area contributed by atoms with E-state index in [1.165, 1.54) is 12.8 Å². The van der Waals surface area contributed by atoms with Gasteiger partial charge in [0.25, 0.3) is 0 Å². The Labute approximate surface area is 124 Å². The number of benzene rings is 1. The molecular weight excluding hydrogens is 272 g/mol. The highest BCUT2D eigenvalue weighted by Crippen LogP contribution is 2.33. The molecule has 1 saturated heterocycles. The first-order chi connectivity index (χ1) is 9.74. The van der Waals surface area contributed by atoms with Crippen LogP contribution < -0.4 is 15.2 Å². The van der Waals surface area contributed by atoms with Gasteiger partial charge in [0, 0.05) is 12.6 Å². The van der Waals surface area contributed by atoms with E-state index in [1.807, 2.05) is 18.2 Å². The van der Waals surface area contributed by atoms with Gasteiger partial charge in [0.2, 0.25) is 0 Å². The average Bonchev–Trinajstić information content (AvgIpc) is 2.99. The maximum Gasteiger partial charge on any atom is 0.161 e. The molecule has 1 fully saturated rings. The number of ether oxygens (including phenoxy) is 2. The highest BCUT2D eigenvalue weighted by molar-refractivity contribution is 5.44. The van der Waals surface area contributed by atoms with Crippen LogP contribution in [0.15, 0.2) is 18.2 Å². The Balaban J connectivity index is 0.00000161. The van der Waals surface area contributed by atoms with Crippen molar-refractivity contribution in [2.45, 2.75) is 25.0 Å². The van der Waals surface area contributed by atoms with Gasteiger partial charge >= 0.3 is 0 Å². The van der Waals surface area contributed by atoms with E-state index in [0.717, 1.165) is 30.9 Å². The first kappa shape index (κ1) is 16.0. The number of hydrogen-bond donors (Lipinski definition) is 2. The molecule has 0 spiro atoms. The summed E-state index contributed by atoms with van der Waals surface area (Å²) < 4.78 is 11.0. The van der Waals surface area contributed by atoms with E-state index in [9.17, 15) is 5.11 Å². The van der Waals surface area contributed by atoms with Crippen molar-refractivity contribution in [2.75, 3.05) is 32.8 Å². The lowest BCUT2D eigenvalue weighted by atomic mass is 10.0. The normalized spacial score (nSPS) is 20.7. The van der Waals surface area contributed by atoms with E-state index in [2.05, 4.69) is 4.90 Å². The maximum atomic E-state index is 10.4. The van der Waals surface area contributed by atoms with Crippen molar-refractivity contribution < 1.29 is 20.1 Å². The molecule has 0 amide bonds. The minimum Gasteiger partial charge on any atom is -0.486 e. The Bertz CT molecular complexity index is 463. The van der Waals surface area contributed by atoms with Crippen LogP contribution in [0, 0.1) is 0 Å². The number of nitrogens with two attached hydrogens (primary N) is 1. The second kappa shape index (κ2) is 7.09. The van der Waals surface area contributed by atoms with Crippen LogP contribution in [-0.4, -0.2) is 54.4 Å². The van der Waals surface area contributed by atoms with Gasteiger partial charge in [0.1, 0.15) is 13.2 Å². The Morgan fingerprint density at radius 3 is 2.52 bits per heavy atom. The number of rotatable bonds is 4. The van der Waals surface area contributed by atoms with Gasteiger partial charge in [0.15, 0.2) is 11.5 Å². The zero-order valence-corrected chi connectivity index (χ0v) is 12.1. The van der Waals surface area contributed by atoms with Gasteiger partial charge in [-0.05, 0) is 43.6 Å². The monoisotopic (exact) mass is 296 g/mol. The largest absolute Gasteiger partial charge is 0.486 e. The Morgan fingerprint density at radius 1 is 1.14 bits per heavy atom. The second-order valence-corrected chi connectivity index (χ2v) is 5.52. The van der Waals surface area contributed by atoms with Gasteiger partial charge in [-0.3, -0.25) is 0 Å². The van der Waals surface area contributed by atoms with Crippen LogP contribution in [0.25, 0.3) is 0 Å². The molecule has 118 valence electrons. The van der Waals surface area contributed by atoms with Crippen LogP contribution in [0.5, 0.6) is 11.5 Å². The van der Waals surface area contributed by atoms with E-state index in [0.29, 0.717) is 19.0 Å². The molecule has 0 aliphatic carbocycles. The lowest BCUT2D eigenvalue weighted by Gasteiger charge is -2.26. The Morgan fingerprint density at radius 2 is 1.81 bits per heavy atom. The summed E-state index contributed by atoms with van der Waals surface area (Å²) in [5.74, 6) is 1.43. The summed E-state index contributed by atoms with van der Waals surface area (Å²) in [6.45, 7) is 4.02. The Hall–Kier alpha value is -1.34. The predicted octanol–water partition coefficient (Wildman–Crippen LogP) is 0.0896. The van der Waals surface area contributed by atoms with Crippen molar-refractivity contribution in [1.82, 2.24) is 4.90 Å². The van der Waals surface area contributed by atoms with Crippen LogP contribution in [0.1, 0.15) is 24.5 Å². The fourth-order valence-corrected chi connectivity index (χ4v) is 2.85. The number of fused-ring (bicyclic) bond motifs is 1. The molecule has 3 rings (SSSR count). The van der Waals surface area contributed by atoms with Gasteiger partial charge in [-0.25, -0.2) is 0 Å². The van der Waals surface area contributed by atoms with E-state index in [-0.39, 0.29) is 11.5 Å². The van der Waals surface area contributed by atoms with Crippen molar-refractivity contribution in [3.63, 3.8) is 0 Å². The van der Waals surface area contributed by atoms with E-state index >= 15 is 0 Å². The van der Waals surface area contributed by atoms with Gasteiger partial charge in [0.05, 0.1) is 6.10 Å². The highest BCUT2D eigenvalue weighted by Gasteiger charge is 2.23. The molecule has 1 aromatic carbocycles. The van der Waals surface area contributed by atoms with Gasteiger partial charge in [-0.1, -0.05) is 6.07 Å². The summed E-state index contributed by atoms with van der Waals surface area (Å²) in [5, 5.41) is 10.4. The summed E-state index contributed by atoms with van der Waals surface area (Å²) in [5.41, 5.74) is 6.93. The van der Waals surface area contributed by atoms with Crippen molar-refractivity contribution >= 4 is 0 Å². The molecule has 2 unspecified atom stereocenters. The molecule has 0 aromatic heterocycles. The van der Waals surface area contributed by atoms with Gasteiger partial charge in [-0.15, -0.1) is 0 Å². The standard InChI is InChI=1S/C15H22N2O3.H2O/c16-12(10-17-5-1-2-6-17)15(18)11-3-4-13-14(9-11)20-8-7-19-13;/h3-4,9,12,15,18H,1-2,5-8,10,16H2;1H2. The third-order valence-electron chi connectivity index (χ3n) is 3.98. The van der Waals surface area contributed by atoms with Gasteiger partial charge in [-0.2, -0.15) is 0 Å². The van der Waals surface area contributed by atoms with Crippen molar-refractivity contribution in [2.24, 2.45) is 5.73 Å². The lowest BCUT2D eigenvalue weighted by Crippen LogP contribution is -2.40.